The minimum absolute atomic E-state index is 0.00542. The molecule has 6 heteroatoms. The van der Waals surface area contributed by atoms with Gasteiger partial charge in [0, 0.05) is 22.7 Å². The van der Waals surface area contributed by atoms with Crippen molar-refractivity contribution in [3.63, 3.8) is 0 Å². The predicted molar refractivity (Wildman–Crippen MR) is 112 cm³/mol. The Morgan fingerprint density at radius 1 is 0.900 bits per heavy atom. The molecule has 156 valence electrons. The summed E-state index contributed by atoms with van der Waals surface area (Å²) in [4.78, 5) is 40.8. The Morgan fingerprint density at radius 2 is 1.47 bits per heavy atom. The van der Waals surface area contributed by atoms with Crippen LogP contribution in [0, 0.1) is 41.4 Å². The van der Waals surface area contributed by atoms with Gasteiger partial charge in [0.05, 0.1) is 11.8 Å². The molecule has 0 unspecified atom stereocenters. The third-order valence-corrected chi connectivity index (χ3v) is 8.49. The second-order valence-electron chi connectivity index (χ2n) is 9.70. The van der Waals surface area contributed by atoms with Gasteiger partial charge in [0.25, 0.3) is 0 Å². The van der Waals surface area contributed by atoms with Gasteiger partial charge in [0.1, 0.15) is 0 Å². The van der Waals surface area contributed by atoms with Gasteiger partial charge in [-0.05, 0) is 80.0 Å². The second-order valence-corrected chi connectivity index (χ2v) is 10.1. The molecule has 30 heavy (non-hydrogen) atoms. The molecule has 6 atom stereocenters. The maximum Gasteiger partial charge on any atom is 0.233 e. The van der Waals surface area contributed by atoms with Crippen LogP contribution in [0.15, 0.2) is 36.4 Å². The second kappa shape index (κ2) is 6.68. The van der Waals surface area contributed by atoms with Crippen LogP contribution in [0.1, 0.15) is 32.1 Å². The van der Waals surface area contributed by atoms with Crippen LogP contribution in [0.3, 0.4) is 0 Å². The molecule has 1 aromatic carbocycles. The average molecular weight is 425 g/mol. The SMILES string of the molecule is O=C(Nc1ccc(Cl)cc1)C1CCC(N2C(=O)[C@@H]3[C@H]4C=C[C@H]([C@H]5C[C@H]45)[C@@H]3C2=O)CC1. The number of halogens is 1. The van der Waals surface area contributed by atoms with E-state index in [1.165, 1.54) is 6.42 Å². The van der Waals surface area contributed by atoms with Gasteiger partial charge < -0.3 is 5.32 Å². The highest BCUT2D eigenvalue weighted by Gasteiger charge is 2.67. The lowest BCUT2D eigenvalue weighted by molar-refractivity contribution is -0.144. The molecule has 5 aliphatic carbocycles. The van der Waals surface area contributed by atoms with Gasteiger partial charge >= 0.3 is 0 Å². The Kier molecular flexibility index (Phi) is 4.14. The van der Waals surface area contributed by atoms with Gasteiger partial charge in [-0.3, -0.25) is 19.3 Å². The zero-order valence-electron chi connectivity index (χ0n) is 16.7. The van der Waals surface area contributed by atoms with Gasteiger partial charge in [-0.2, -0.15) is 0 Å². The molecule has 3 saturated carbocycles. The molecule has 5 nitrogen and oxygen atoms in total. The Hall–Kier alpha value is -2.14. The summed E-state index contributed by atoms with van der Waals surface area (Å²) in [6, 6.07) is 7.05. The highest BCUT2D eigenvalue weighted by molar-refractivity contribution is 6.30. The van der Waals surface area contributed by atoms with Crippen LogP contribution < -0.4 is 5.32 Å². The van der Waals surface area contributed by atoms with Gasteiger partial charge in [0.15, 0.2) is 0 Å². The molecule has 0 radical (unpaired) electrons. The number of amides is 3. The standard InChI is InChI=1S/C24H25ClN2O3/c25-13-3-5-14(6-4-13)26-22(28)12-1-7-15(8-2-12)27-23(29)20-16-9-10-17(19-11-18(16)19)21(20)24(27)30/h3-6,9-10,12,15-21H,1-2,7-8,11H2,(H,26,28)/t12?,15?,16-,17+,18-,19-,20+,21-/m1/s1. The van der Waals surface area contributed by atoms with Crippen molar-refractivity contribution in [2.75, 3.05) is 5.32 Å². The van der Waals surface area contributed by atoms with Gasteiger partial charge in [-0.25, -0.2) is 0 Å². The van der Waals surface area contributed by atoms with E-state index in [1.54, 1.807) is 29.2 Å². The summed E-state index contributed by atoms with van der Waals surface area (Å²) >= 11 is 5.90. The molecule has 0 spiro atoms. The minimum Gasteiger partial charge on any atom is -0.326 e. The molecule has 0 aromatic heterocycles. The first kappa shape index (κ1) is 18.6. The lowest BCUT2D eigenvalue weighted by Crippen LogP contribution is -2.44. The van der Waals surface area contributed by atoms with Crippen LogP contribution in [0.5, 0.6) is 0 Å². The summed E-state index contributed by atoms with van der Waals surface area (Å²) in [5, 5.41) is 3.59. The van der Waals surface area contributed by atoms with Crippen molar-refractivity contribution in [1.29, 1.82) is 0 Å². The quantitative estimate of drug-likeness (QED) is 0.591. The number of rotatable bonds is 3. The Balaban J connectivity index is 1.11. The number of likely N-dealkylation sites (tertiary alicyclic amines) is 1. The maximum atomic E-state index is 13.3. The average Bonchev–Trinajstić information content (AvgIpc) is 3.53. The molecule has 1 heterocycles. The summed E-state index contributed by atoms with van der Waals surface area (Å²) in [5.41, 5.74) is 0.738. The zero-order valence-corrected chi connectivity index (χ0v) is 17.4. The van der Waals surface area contributed by atoms with Gasteiger partial charge in [0.2, 0.25) is 17.7 Å². The minimum atomic E-state index is -0.123. The third-order valence-electron chi connectivity index (χ3n) is 8.24. The molecule has 6 aliphatic rings. The summed E-state index contributed by atoms with van der Waals surface area (Å²) < 4.78 is 0. The molecule has 4 fully saturated rings. The largest absolute Gasteiger partial charge is 0.326 e. The molecular formula is C24H25ClN2O3. The van der Waals surface area contributed by atoms with E-state index in [0.717, 1.165) is 5.69 Å². The summed E-state index contributed by atoms with van der Waals surface area (Å²) in [5.74, 6) is 1.59. The molecule has 1 aromatic rings. The van der Waals surface area contributed by atoms with Crippen molar-refractivity contribution in [1.82, 2.24) is 4.90 Å². The number of carbonyl (C=O) groups excluding carboxylic acids is 3. The number of imide groups is 1. The molecular weight excluding hydrogens is 400 g/mol. The van der Waals surface area contributed by atoms with E-state index in [2.05, 4.69) is 17.5 Å². The van der Waals surface area contributed by atoms with Crippen molar-refractivity contribution >= 4 is 35.0 Å². The first-order valence-electron chi connectivity index (χ1n) is 11.1. The van der Waals surface area contributed by atoms with Crippen molar-refractivity contribution in [2.24, 2.45) is 41.4 Å². The summed E-state index contributed by atoms with van der Waals surface area (Å²) in [6.45, 7) is 0. The number of hydrogen-bond donors (Lipinski definition) is 1. The van der Waals surface area contributed by atoms with Crippen molar-refractivity contribution in [3.8, 4) is 0 Å². The van der Waals surface area contributed by atoms with E-state index in [4.69, 9.17) is 11.6 Å². The predicted octanol–water partition coefficient (Wildman–Crippen LogP) is 3.89. The maximum absolute atomic E-state index is 13.3. The van der Waals surface area contributed by atoms with Crippen LogP contribution in [0.2, 0.25) is 5.02 Å². The molecule has 1 aliphatic heterocycles. The first-order valence-corrected chi connectivity index (χ1v) is 11.5. The van der Waals surface area contributed by atoms with E-state index in [0.29, 0.717) is 42.5 Å². The lowest BCUT2D eigenvalue weighted by Gasteiger charge is -2.37. The molecule has 7 rings (SSSR count). The number of nitrogens with one attached hydrogen (secondary N) is 1. The fourth-order valence-electron chi connectivity index (χ4n) is 6.71. The Morgan fingerprint density at radius 3 is 2.03 bits per heavy atom. The van der Waals surface area contributed by atoms with E-state index in [9.17, 15) is 14.4 Å². The summed E-state index contributed by atoms with van der Waals surface area (Å²) in [6.07, 6.45) is 8.44. The number of nitrogens with zero attached hydrogens (tertiary/aromatic N) is 1. The normalized spacial score (nSPS) is 40.9. The monoisotopic (exact) mass is 424 g/mol. The molecule has 1 N–H and O–H groups in total. The van der Waals surface area contributed by atoms with Gasteiger partial charge in [-0.1, -0.05) is 23.8 Å². The third kappa shape index (κ3) is 2.71. The van der Waals surface area contributed by atoms with Crippen LogP contribution >= 0.6 is 11.6 Å². The fraction of sp³-hybridized carbons (Fsp3) is 0.542. The lowest BCUT2D eigenvalue weighted by atomic mass is 9.63. The number of anilines is 1. The topological polar surface area (TPSA) is 66.5 Å². The summed E-state index contributed by atoms with van der Waals surface area (Å²) in [7, 11) is 0. The van der Waals surface area contributed by atoms with Crippen LogP contribution in [-0.4, -0.2) is 28.7 Å². The highest BCUT2D eigenvalue weighted by atomic mass is 35.5. The first-order chi connectivity index (χ1) is 14.5. The van der Waals surface area contributed by atoms with Gasteiger partial charge in [-0.15, -0.1) is 0 Å². The number of allylic oxidation sites excluding steroid dienone is 2. The van der Waals surface area contributed by atoms with E-state index < -0.39 is 0 Å². The Bertz CT molecular complexity index is 914. The van der Waals surface area contributed by atoms with Crippen LogP contribution in [0.25, 0.3) is 0 Å². The molecule has 1 saturated heterocycles. The van der Waals surface area contributed by atoms with Crippen molar-refractivity contribution < 1.29 is 14.4 Å². The molecule has 3 amide bonds. The fourth-order valence-corrected chi connectivity index (χ4v) is 6.84. The van der Waals surface area contributed by atoms with E-state index in [1.807, 2.05) is 0 Å². The highest BCUT2D eigenvalue weighted by Crippen LogP contribution is 2.65. The smallest absolute Gasteiger partial charge is 0.233 e. The Labute approximate surface area is 180 Å². The van der Waals surface area contributed by atoms with Crippen molar-refractivity contribution in [3.05, 3.63) is 41.4 Å². The number of carbonyl (C=O) groups is 3. The van der Waals surface area contributed by atoms with Crippen LogP contribution in [-0.2, 0) is 14.4 Å². The van der Waals surface area contributed by atoms with E-state index >= 15 is 0 Å². The zero-order chi connectivity index (χ0) is 20.6. The number of hydrogen-bond acceptors (Lipinski definition) is 3. The van der Waals surface area contributed by atoms with Crippen molar-refractivity contribution in [2.45, 2.75) is 38.1 Å². The van der Waals surface area contributed by atoms with Crippen LogP contribution in [0.4, 0.5) is 5.69 Å². The number of benzene rings is 1. The molecule has 2 bridgehead atoms. The van der Waals surface area contributed by atoms with E-state index in [-0.39, 0.29) is 53.4 Å².